The van der Waals surface area contributed by atoms with Crippen LogP contribution in [-0.2, 0) is 9.59 Å². The number of nitrogens with one attached hydrogen (secondary N) is 2. The molecule has 0 spiro atoms. The largest absolute Gasteiger partial charge is 0.481 e. The summed E-state index contributed by atoms with van der Waals surface area (Å²) in [5, 5.41) is 16.4. The lowest BCUT2D eigenvalue weighted by molar-refractivity contribution is -0.141. The standard InChI is InChI=1S/C20H24F2N2O3S/c1-5-6-11(2)13(8-7-12(3)17-14(23-4)9-10-28-17)24-18(25)15-16(19(26)27)20(15,21)22/h6-10,15-16,23H,5H2,1-4H3,(H,24,25)(H,26,27)/b11-6+,12-7+,13-8+. The molecular formula is C20H24F2N2O3S. The molecule has 1 fully saturated rings. The van der Waals surface area contributed by atoms with E-state index >= 15 is 0 Å². The highest BCUT2D eigenvalue weighted by Crippen LogP contribution is 2.55. The maximum absolute atomic E-state index is 13.7. The zero-order valence-corrected chi connectivity index (χ0v) is 17.0. The molecular weight excluding hydrogens is 386 g/mol. The summed E-state index contributed by atoms with van der Waals surface area (Å²) in [6.07, 6.45) is 6.02. The fourth-order valence-electron chi connectivity index (χ4n) is 2.95. The van der Waals surface area contributed by atoms with Crippen LogP contribution in [0.2, 0.25) is 0 Å². The van der Waals surface area contributed by atoms with Crippen molar-refractivity contribution in [2.75, 3.05) is 12.4 Å². The molecule has 1 heterocycles. The monoisotopic (exact) mass is 410 g/mol. The fourth-order valence-corrected chi connectivity index (χ4v) is 3.85. The number of allylic oxidation sites excluding steroid dienone is 5. The predicted molar refractivity (Wildman–Crippen MR) is 107 cm³/mol. The second kappa shape index (κ2) is 8.68. The van der Waals surface area contributed by atoms with Crippen LogP contribution in [-0.4, -0.2) is 30.0 Å². The zero-order valence-electron chi connectivity index (χ0n) is 16.2. The lowest BCUT2D eigenvalue weighted by Crippen LogP contribution is -2.27. The van der Waals surface area contributed by atoms with E-state index in [1.165, 1.54) is 0 Å². The number of alkyl halides is 2. The van der Waals surface area contributed by atoms with Crippen molar-refractivity contribution in [2.45, 2.75) is 33.1 Å². The average molecular weight is 410 g/mol. The SMILES string of the molecule is CC/C=C(C)/C(=C\C=C(/C)c1sccc1NC)NC(=O)C1C(C(=O)O)C1(F)F. The first kappa shape index (κ1) is 21.8. The number of thiophene rings is 1. The maximum atomic E-state index is 13.7. The van der Waals surface area contributed by atoms with E-state index in [0.29, 0.717) is 12.1 Å². The summed E-state index contributed by atoms with van der Waals surface area (Å²) < 4.78 is 27.3. The van der Waals surface area contributed by atoms with Crippen LogP contribution in [0.25, 0.3) is 5.57 Å². The molecule has 1 aliphatic carbocycles. The summed E-state index contributed by atoms with van der Waals surface area (Å²) >= 11 is 1.56. The Morgan fingerprint density at radius 2 is 1.96 bits per heavy atom. The average Bonchev–Trinajstić information content (AvgIpc) is 2.99. The molecule has 0 radical (unpaired) electrons. The molecule has 1 amide bonds. The third-order valence-corrected chi connectivity index (χ3v) is 5.64. The van der Waals surface area contributed by atoms with E-state index in [1.807, 2.05) is 38.4 Å². The molecule has 2 atom stereocenters. The van der Waals surface area contributed by atoms with E-state index in [0.717, 1.165) is 21.7 Å². The highest BCUT2D eigenvalue weighted by Gasteiger charge is 2.76. The molecule has 152 valence electrons. The predicted octanol–water partition coefficient (Wildman–Crippen LogP) is 4.52. The number of carboxylic acid groups (broad SMARTS) is 1. The lowest BCUT2D eigenvalue weighted by Gasteiger charge is -2.10. The highest BCUT2D eigenvalue weighted by molar-refractivity contribution is 7.11. The first-order valence-corrected chi connectivity index (χ1v) is 9.75. The van der Waals surface area contributed by atoms with Gasteiger partial charge in [0.25, 0.3) is 5.92 Å². The normalized spacial score (nSPS) is 22.0. The highest BCUT2D eigenvalue weighted by atomic mass is 32.1. The summed E-state index contributed by atoms with van der Waals surface area (Å²) in [4.78, 5) is 24.2. The molecule has 8 heteroatoms. The van der Waals surface area contributed by atoms with Crippen molar-refractivity contribution in [3.8, 4) is 0 Å². The van der Waals surface area contributed by atoms with Gasteiger partial charge >= 0.3 is 5.97 Å². The van der Waals surface area contributed by atoms with Gasteiger partial charge in [-0.25, -0.2) is 8.78 Å². The summed E-state index contributed by atoms with van der Waals surface area (Å²) in [5.41, 5.74) is 3.01. The van der Waals surface area contributed by atoms with E-state index in [4.69, 9.17) is 5.11 Å². The number of hydrogen-bond donors (Lipinski definition) is 3. The topological polar surface area (TPSA) is 78.4 Å². The Labute approximate surface area is 166 Å². The summed E-state index contributed by atoms with van der Waals surface area (Å²) in [6, 6.07) is 1.95. The van der Waals surface area contributed by atoms with Gasteiger partial charge in [0.1, 0.15) is 11.8 Å². The Morgan fingerprint density at radius 1 is 1.29 bits per heavy atom. The molecule has 3 N–H and O–H groups in total. The van der Waals surface area contributed by atoms with Crippen molar-refractivity contribution in [3.05, 3.63) is 45.8 Å². The van der Waals surface area contributed by atoms with Crippen LogP contribution in [0.3, 0.4) is 0 Å². The quantitative estimate of drug-likeness (QED) is 0.551. The Bertz CT molecular complexity index is 855. The summed E-state index contributed by atoms with van der Waals surface area (Å²) in [6.45, 7) is 5.60. The Balaban J connectivity index is 2.27. The molecule has 0 bridgehead atoms. The number of carboxylic acids is 1. The van der Waals surface area contributed by atoms with Gasteiger partial charge in [0.05, 0.1) is 10.6 Å². The van der Waals surface area contributed by atoms with Crippen molar-refractivity contribution < 1.29 is 23.5 Å². The maximum Gasteiger partial charge on any atom is 0.313 e. The van der Waals surface area contributed by atoms with Crippen molar-refractivity contribution in [2.24, 2.45) is 11.8 Å². The van der Waals surface area contributed by atoms with Crippen molar-refractivity contribution in [1.82, 2.24) is 5.32 Å². The van der Waals surface area contributed by atoms with Gasteiger partial charge in [0.2, 0.25) is 5.91 Å². The lowest BCUT2D eigenvalue weighted by atomic mass is 10.1. The molecule has 0 aromatic carbocycles. The number of hydrogen-bond acceptors (Lipinski definition) is 4. The number of amides is 1. The molecule has 0 saturated heterocycles. The van der Waals surface area contributed by atoms with Gasteiger partial charge in [-0.3, -0.25) is 9.59 Å². The van der Waals surface area contributed by atoms with Gasteiger partial charge in [0.15, 0.2) is 0 Å². The number of aliphatic carboxylic acids is 1. The van der Waals surface area contributed by atoms with Crippen molar-refractivity contribution in [3.63, 3.8) is 0 Å². The van der Waals surface area contributed by atoms with Crippen LogP contribution in [0.5, 0.6) is 0 Å². The number of halogens is 2. The smallest absolute Gasteiger partial charge is 0.313 e. The zero-order chi connectivity index (χ0) is 21.1. The molecule has 28 heavy (non-hydrogen) atoms. The van der Waals surface area contributed by atoms with Gasteiger partial charge in [-0.15, -0.1) is 11.3 Å². The molecule has 2 unspecified atom stereocenters. The van der Waals surface area contributed by atoms with Crippen LogP contribution in [0.4, 0.5) is 14.5 Å². The number of carbonyl (C=O) groups excluding carboxylic acids is 1. The molecule has 1 saturated carbocycles. The first-order chi connectivity index (χ1) is 13.1. The fraction of sp³-hybridized carbons (Fsp3) is 0.400. The van der Waals surface area contributed by atoms with E-state index in [2.05, 4.69) is 10.6 Å². The summed E-state index contributed by atoms with van der Waals surface area (Å²) in [7, 11) is 1.82. The minimum atomic E-state index is -3.52. The Morgan fingerprint density at radius 3 is 2.50 bits per heavy atom. The molecule has 5 nitrogen and oxygen atoms in total. The minimum Gasteiger partial charge on any atom is -0.481 e. The third kappa shape index (κ3) is 4.49. The number of carbonyl (C=O) groups is 2. The van der Waals surface area contributed by atoms with Gasteiger partial charge in [0, 0.05) is 12.7 Å². The Kier molecular flexibility index (Phi) is 6.77. The molecule has 1 aliphatic rings. The second-order valence-corrected chi connectivity index (χ2v) is 7.51. The van der Waals surface area contributed by atoms with Crippen molar-refractivity contribution in [1.29, 1.82) is 0 Å². The van der Waals surface area contributed by atoms with E-state index in [1.54, 1.807) is 30.4 Å². The molecule has 2 rings (SSSR count). The first-order valence-electron chi connectivity index (χ1n) is 8.87. The summed E-state index contributed by atoms with van der Waals surface area (Å²) in [5.74, 6) is -9.98. The van der Waals surface area contributed by atoms with E-state index in [-0.39, 0.29) is 0 Å². The van der Waals surface area contributed by atoms with E-state index in [9.17, 15) is 18.4 Å². The Hall–Kier alpha value is -2.48. The third-order valence-electron chi connectivity index (χ3n) is 4.59. The molecule has 1 aromatic heterocycles. The molecule has 1 aromatic rings. The minimum absolute atomic E-state index is 0.376. The van der Waals surface area contributed by atoms with Gasteiger partial charge < -0.3 is 15.7 Å². The van der Waals surface area contributed by atoms with Crippen LogP contribution in [0.15, 0.2) is 40.9 Å². The van der Waals surface area contributed by atoms with Crippen LogP contribution >= 0.6 is 11.3 Å². The molecule has 0 aliphatic heterocycles. The van der Waals surface area contributed by atoms with Crippen LogP contribution < -0.4 is 10.6 Å². The van der Waals surface area contributed by atoms with Crippen LogP contribution in [0.1, 0.15) is 32.1 Å². The van der Waals surface area contributed by atoms with Crippen molar-refractivity contribution >= 4 is 34.5 Å². The number of rotatable bonds is 8. The van der Waals surface area contributed by atoms with Gasteiger partial charge in [-0.2, -0.15) is 0 Å². The van der Waals surface area contributed by atoms with Gasteiger partial charge in [-0.1, -0.05) is 19.1 Å². The van der Waals surface area contributed by atoms with Crippen LogP contribution in [0, 0.1) is 11.8 Å². The van der Waals surface area contributed by atoms with E-state index < -0.39 is 29.6 Å². The second-order valence-electron chi connectivity index (χ2n) is 6.60. The van der Waals surface area contributed by atoms with Gasteiger partial charge in [-0.05, 0) is 48.9 Å². The number of anilines is 1.